The van der Waals surface area contributed by atoms with Gasteiger partial charge in [-0.1, -0.05) is 23.2 Å². The normalized spacial score (nSPS) is 22.0. The van der Waals surface area contributed by atoms with Crippen molar-refractivity contribution >= 4 is 35.1 Å². The molecule has 2 aromatic rings. The second-order valence-electron chi connectivity index (χ2n) is 11.1. The summed E-state index contributed by atoms with van der Waals surface area (Å²) in [6.07, 6.45) is 3.31. The molecule has 0 spiro atoms. The minimum absolute atomic E-state index is 0.148. The van der Waals surface area contributed by atoms with Crippen LogP contribution in [0.3, 0.4) is 0 Å². The number of carbonyl (C=O) groups excluding carboxylic acids is 2. The first-order chi connectivity index (χ1) is 19.2. The van der Waals surface area contributed by atoms with Crippen molar-refractivity contribution < 1.29 is 27.8 Å². The van der Waals surface area contributed by atoms with Crippen LogP contribution in [0.2, 0.25) is 10.0 Å². The minimum atomic E-state index is -1.36. The fourth-order valence-corrected chi connectivity index (χ4v) is 6.40. The third-order valence-electron chi connectivity index (χ3n) is 8.15. The number of ether oxygens (including phenoxy) is 2. The maximum absolute atomic E-state index is 15.2. The second-order valence-corrected chi connectivity index (χ2v) is 12.0. The topological polar surface area (TPSA) is 59.1 Å². The highest BCUT2D eigenvalue weighted by molar-refractivity contribution is 6.34. The molecule has 2 heterocycles. The van der Waals surface area contributed by atoms with Gasteiger partial charge in [0.15, 0.2) is 0 Å². The molecule has 2 aromatic carbocycles. The first-order valence-electron chi connectivity index (χ1n) is 13.9. The van der Waals surface area contributed by atoms with E-state index in [0.717, 1.165) is 67.8 Å². The number of alkyl halides is 1. The maximum Gasteiger partial charge on any atom is 0.328 e. The summed E-state index contributed by atoms with van der Waals surface area (Å²) in [6, 6.07) is 7.38. The molecule has 2 saturated heterocycles. The zero-order valence-corrected chi connectivity index (χ0v) is 24.0. The number of hydrogen-bond acceptors (Lipinski definition) is 5. The molecular weight excluding hydrogens is 561 g/mol. The predicted molar refractivity (Wildman–Crippen MR) is 149 cm³/mol. The predicted octanol–water partition coefficient (Wildman–Crippen LogP) is 6.42. The standard InChI is InChI=1S/C30H34Cl2F2N2O4/c1-39-30(38)27-13-23(33)17-36(27)29(37)25-14-24(20-2-3-20)28(15-26(25)34)40-9-6-18-4-7-35(8-5-18)16-19-10-21(31)12-22(32)11-19/h10-12,14-15,18,20,23,27H,2-9,13,16-17H2,1H3/t23-,27+/m1/s1. The summed E-state index contributed by atoms with van der Waals surface area (Å²) < 4.78 is 40.1. The Kier molecular flexibility index (Phi) is 9.18. The van der Waals surface area contributed by atoms with Crippen molar-refractivity contribution in [1.82, 2.24) is 9.80 Å². The van der Waals surface area contributed by atoms with Crippen molar-refractivity contribution in [2.45, 2.75) is 63.2 Å². The van der Waals surface area contributed by atoms with Crippen molar-refractivity contribution in [3.05, 3.63) is 62.9 Å². The van der Waals surface area contributed by atoms with Crippen LogP contribution in [0.15, 0.2) is 30.3 Å². The van der Waals surface area contributed by atoms with E-state index in [9.17, 15) is 14.0 Å². The Balaban J connectivity index is 1.17. The summed E-state index contributed by atoms with van der Waals surface area (Å²) in [5, 5.41) is 1.28. The van der Waals surface area contributed by atoms with Crippen molar-refractivity contribution in [2.75, 3.05) is 33.4 Å². The van der Waals surface area contributed by atoms with Gasteiger partial charge in [-0.25, -0.2) is 13.6 Å². The number of benzene rings is 2. The van der Waals surface area contributed by atoms with Crippen LogP contribution in [-0.4, -0.2) is 67.2 Å². The number of esters is 1. The van der Waals surface area contributed by atoms with Gasteiger partial charge >= 0.3 is 5.97 Å². The van der Waals surface area contributed by atoms with E-state index < -0.39 is 29.9 Å². The first kappa shape index (κ1) is 29.1. The van der Waals surface area contributed by atoms with Gasteiger partial charge in [-0.3, -0.25) is 9.69 Å². The van der Waals surface area contributed by atoms with Crippen LogP contribution in [0.4, 0.5) is 8.78 Å². The second kappa shape index (κ2) is 12.6. The number of piperidine rings is 1. The van der Waals surface area contributed by atoms with Crippen LogP contribution >= 0.6 is 23.2 Å². The minimum Gasteiger partial charge on any atom is -0.493 e. The molecule has 2 atom stereocenters. The fourth-order valence-electron chi connectivity index (χ4n) is 5.83. The number of methoxy groups -OCH3 is 1. The van der Waals surface area contributed by atoms with Crippen LogP contribution in [-0.2, 0) is 16.1 Å². The average molecular weight is 596 g/mol. The molecule has 1 aliphatic carbocycles. The quantitative estimate of drug-likeness (QED) is 0.314. The highest BCUT2D eigenvalue weighted by atomic mass is 35.5. The Bertz CT molecular complexity index is 1230. The van der Waals surface area contributed by atoms with Crippen LogP contribution in [0.1, 0.15) is 65.9 Å². The smallest absolute Gasteiger partial charge is 0.328 e. The molecule has 0 aromatic heterocycles. The number of amides is 1. The molecule has 0 bridgehead atoms. The van der Waals surface area contributed by atoms with Gasteiger partial charge in [0, 0.05) is 29.1 Å². The molecule has 0 radical (unpaired) electrons. The largest absolute Gasteiger partial charge is 0.493 e. The monoisotopic (exact) mass is 594 g/mol. The summed E-state index contributed by atoms with van der Waals surface area (Å²) in [6.45, 7) is 2.94. The highest BCUT2D eigenvalue weighted by Gasteiger charge is 2.42. The van der Waals surface area contributed by atoms with Crippen molar-refractivity contribution in [1.29, 1.82) is 0 Å². The summed E-state index contributed by atoms with van der Waals surface area (Å²) in [7, 11) is 1.19. The first-order valence-corrected chi connectivity index (χ1v) is 14.6. The van der Waals surface area contributed by atoms with Crippen molar-refractivity contribution in [2.24, 2.45) is 5.92 Å². The number of rotatable bonds is 9. The Morgan fingerprint density at radius 2 is 1.73 bits per heavy atom. The van der Waals surface area contributed by atoms with Crippen molar-refractivity contribution in [3.8, 4) is 5.75 Å². The Labute approximate surface area is 243 Å². The lowest BCUT2D eigenvalue weighted by Gasteiger charge is -2.32. The lowest BCUT2D eigenvalue weighted by Crippen LogP contribution is -2.41. The molecule has 1 saturated carbocycles. The van der Waals surface area contributed by atoms with Gasteiger partial charge in [0.05, 0.1) is 25.8 Å². The maximum atomic E-state index is 15.2. The van der Waals surface area contributed by atoms with Gasteiger partial charge in [0.25, 0.3) is 5.91 Å². The van der Waals surface area contributed by atoms with Crippen LogP contribution in [0.5, 0.6) is 5.75 Å². The molecular formula is C30H34Cl2F2N2O4. The molecule has 2 aliphatic heterocycles. The zero-order chi connectivity index (χ0) is 28.4. The SMILES string of the molecule is COC(=O)[C@@H]1C[C@@H](F)CN1C(=O)c1cc(C2CC2)c(OCCC2CCN(Cc3cc(Cl)cc(Cl)c3)CC2)cc1F. The molecule has 216 valence electrons. The number of halogens is 4. The molecule has 3 aliphatic rings. The summed E-state index contributed by atoms with van der Waals surface area (Å²) in [4.78, 5) is 28.8. The average Bonchev–Trinajstić information content (AvgIpc) is 3.69. The van der Waals surface area contributed by atoms with Gasteiger partial charge < -0.3 is 14.4 Å². The number of hydrogen-bond donors (Lipinski definition) is 0. The van der Waals surface area contributed by atoms with Gasteiger partial charge in [-0.2, -0.15) is 0 Å². The molecule has 0 N–H and O–H groups in total. The van der Waals surface area contributed by atoms with E-state index in [1.165, 1.54) is 19.2 Å². The van der Waals surface area contributed by atoms with Gasteiger partial charge in [0.1, 0.15) is 23.8 Å². The third kappa shape index (κ3) is 6.89. The molecule has 3 fully saturated rings. The van der Waals surface area contributed by atoms with E-state index in [0.29, 0.717) is 28.3 Å². The number of nitrogens with zero attached hydrogens (tertiary/aromatic N) is 2. The summed E-state index contributed by atoms with van der Waals surface area (Å²) in [5.74, 6) is -0.960. The number of carbonyl (C=O) groups is 2. The molecule has 1 amide bonds. The Hall–Kier alpha value is -2.42. The molecule has 10 heteroatoms. The summed E-state index contributed by atoms with van der Waals surface area (Å²) >= 11 is 12.3. The lowest BCUT2D eigenvalue weighted by atomic mass is 9.93. The third-order valence-corrected chi connectivity index (χ3v) is 8.59. The van der Waals surface area contributed by atoms with Gasteiger partial charge in [-0.15, -0.1) is 0 Å². The van der Waals surface area contributed by atoms with E-state index in [1.807, 2.05) is 12.1 Å². The van der Waals surface area contributed by atoms with Gasteiger partial charge in [-0.05, 0) is 92.4 Å². The molecule has 5 rings (SSSR count). The fraction of sp³-hybridized carbons (Fsp3) is 0.533. The lowest BCUT2D eigenvalue weighted by molar-refractivity contribution is -0.145. The van der Waals surface area contributed by atoms with E-state index in [2.05, 4.69) is 4.90 Å². The van der Waals surface area contributed by atoms with Crippen LogP contribution in [0, 0.1) is 11.7 Å². The Morgan fingerprint density at radius 3 is 2.38 bits per heavy atom. The number of likely N-dealkylation sites (tertiary alicyclic amines) is 2. The molecule has 40 heavy (non-hydrogen) atoms. The van der Waals surface area contributed by atoms with E-state index in [-0.39, 0.29) is 24.4 Å². The molecule has 6 nitrogen and oxygen atoms in total. The highest BCUT2D eigenvalue weighted by Crippen LogP contribution is 2.45. The summed E-state index contributed by atoms with van der Waals surface area (Å²) in [5.41, 5.74) is 1.74. The van der Waals surface area contributed by atoms with E-state index in [4.69, 9.17) is 32.7 Å². The van der Waals surface area contributed by atoms with E-state index >= 15 is 4.39 Å². The van der Waals surface area contributed by atoms with Gasteiger partial charge in [0.2, 0.25) is 0 Å². The van der Waals surface area contributed by atoms with Crippen LogP contribution in [0.25, 0.3) is 0 Å². The van der Waals surface area contributed by atoms with Crippen molar-refractivity contribution in [3.63, 3.8) is 0 Å². The molecule has 0 unspecified atom stereocenters. The Morgan fingerprint density at radius 1 is 1.02 bits per heavy atom. The van der Waals surface area contributed by atoms with Crippen LogP contribution < -0.4 is 4.74 Å². The zero-order valence-electron chi connectivity index (χ0n) is 22.5. The van der Waals surface area contributed by atoms with E-state index in [1.54, 1.807) is 6.07 Å².